The van der Waals surface area contributed by atoms with E-state index >= 15 is 0 Å². The Kier molecular flexibility index (Phi) is 125. The molecule has 0 nitrogen and oxygen atoms in total. The Labute approximate surface area is 84.4 Å². The second-order valence-corrected chi connectivity index (χ2v) is 0. The van der Waals surface area contributed by atoms with Crippen LogP contribution < -0.4 is 0 Å². The van der Waals surface area contributed by atoms with Gasteiger partial charge in [0.25, 0.3) is 0 Å². The van der Waals surface area contributed by atoms with Gasteiger partial charge in [-0.25, -0.2) is 0 Å². The molecule has 0 aliphatic rings. The molecule has 0 aromatic heterocycles. The third-order valence-corrected chi connectivity index (χ3v) is 0. The van der Waals surface area contributed by atoms with Gasteiger partial charge < -0.3 is 0 Å². The first-order valence-electron chi connectivity index (χ1n) is 0. The van der Waals surface area contributed by atoms with Crippen molar-refractivity contribution in [2.45, 2.75) is 0 Å². The molecule has 4 heavy (non-hydrogen) atoms. The van der Waals surface area contributed by atoms with Crippen LogP contribution in [0.15, 0.2) is 0 Å². The van der Waals surface area contributed by atoms with Gasteiger partial charge in [0.05, 0.1) is 0 Å². The summed E-state index contributed by atoms with van der Waals surface area (Å²) in [6.45, 7) is 0. The minimum atomic E-state index is 0. The molecule has 0 bridgehead atoms. The molecule has 1 unspecified atom stereocenters. The van der Waals surface area contributed by atoms with Crippen molar-refractivity contribution in [2.75, 3.05) is 0 Å². The van der Waals surface area contributed by atoms with Crippen LogP contribution in [0.2, 0.25) is 0 Å². The Morgan fingerprint density at radius 2 is 1.00 bits per heavy atom. The number of hydrogen-bond acceptors (Lipinski definition) is 0. The van der Waals surface area contributed by atoms with Crippen LogP contribution in [0.1, 0.15) is 0 Å². The topological polar surface area (TPSA) is 0 Å². The van der Waals surface area contributed by atoms with Crippen LogP contribution in [-0.2, 0) is 0 Å². The first kappa shape index (κ1) is 29.2. The van der Waals surface area contributed by atoms with Gasteiger partial charge >= 0.3 is 85.8 Å². The van der Waals surface area contributed by atoms with Crippen molar-refractivity contribution in [1.82, 2.24) is 0 Å². The van der Waals surface area contributed by atoms with Gasteiger partial charge in [0, 0.05) is 0 Å². The summed E-state index contributed by atoms with van der Waals surface area (Å²) < 4.78 is 0. The standard InChI is InChI=1S/AsH3.GeH4.In.Sb.6H/h1H3;1H4;;;;;;;;. The molecule has 0 heterocycles. The summed E-state index contributed by atoms with van der Waals surface area (Å²) >= 11 is 0. The van der Waals surface area contributed by atoms with E-state index in [4.69, 9.17) is 0 Å². The fourth-order valence-electron chi connectivity index (χ4n) is 0. The van der Waals surface area contributed by atoms with Crippen molar-refractivity contribution in [3.05, 3.63) is 0 Å². The van der Waals surface area contributed by atoms with E-state index in [1.807, 2.05) is 0 Å². The zero-order chi connectivity index (χ0) is 0. The van der Waals surface area contributed by atoms with Gasteiger partial charge in [-0.1, -0.05) is 0 Å². The number of hydrogen-bond donors (Lipinski definition) is 0. The SMILES string of the molecule is [AsH3].[GeH4].[InH3].[SbH3]. The van der Waals surface area contributed by atoms with E-state index in [0.717, 1.165) is 0 Å². The van der Waals surface area contributed by atoms with Crippen LogP contribution >= 0.6 is 0 Å². The predicted molar refractivity (Wildman–Crippen MR) is 41.2 cm³/mol. The summed E-state index contributed by atoms with van der Waals surface area (Å²) in [5.41, 5.74) is 0. The second kappa shape index (κ2) is 17.1. The fourth-order valence-corrected chi connectivity index (χ4v) is 0. The average molecular weight is 397 g/mol. The molecule has 0 fully saturated rings. The molecular weight excluding hydrogens is 384 g/mol. The van der Waals surface area contributed by atoms with Crippen molar-refractivity contribution < 1.29 is 0 Å². The van der Waals surface area contributed by atoms with Crippen LogP contribution in [0.4, 0.5) is 0 Å². The van der Waals surface area contributed by atoms with Crippen molar-refractivity contribution in [3.63, 3.8) is 0 Å². The minimum absolute atomic E-state index is 0. The van der Waals surface area contributed by atoms with Gasteiger partial charge in [-0.05, 0) is 0 Å². The summed E-state index contributed by atoms with van der Waals surface area (Å²) in [7, 11) is 0. The molecule has 0 aromatic rings. The summed E-state index contributed by atoms with van der Waals surface area (Å²) in [5.74, 6) is 0. The summed E-state index contributed by atoms with van der Waals surface area (Å²) in [6.07, 6.45) is 0. The van der Waals surface area contributed by atoms with E-state index in [1.54, 1.807) is 0 Å². The van der Waals surface area contributed by atoms with Crippen LogP contribution in [-0.4, -0.2) is 85.8 Å². The molecule has 0 aliphatic heterocycles. The van der Waals surface area contributed by atoms with Gasteiger partial charge in [0.15, 0.2) is 0 Å². The normalized spacial score (nSPS) is 0. The van der Waals surface area contributed by atoms with E-state index in [9.17, 15) is 0 Å². The molecule has 0 radical (unpaired) electrons. The predicted octanol–water partition coefficient (Wildman–Crippen LogP) is -5.00. The maximum atomic E-state index is 0. The first-order chi connectivity index (χ1) is 0. The van der Waals surface area contributed by atoms with E-state index in [2.05, 4.69) is 0 Å². The molecule has 0 aliphatic carbocycles. The van der Waals surface area contributed by atoms with Crippen molar-refractivity contribution in [2.24, 2.45) is 0 Å². The molecule has 0 rings (SSSR count). The van der Waals surface area contributed by atoms with Crippen LogP contribution in [0.3, 0.4) is 0 Å². The van der Waals surface area contributed by atoms with E-state index in [0.29, 0.717) is 0 Å². The van der Waals surface area contributed by atoms with Gasteiger partial charge in [0.2, 0.25) is 0 Å². The quantitative estimate of drug-likeness (QED) is 0.360. The average Bonchev–Trinajstić information content (AvgIpc) is 0. The summed E-state index contributed by atoms with van der Waals surface area (Å²) in [6, 6.07) is 0. The van der Waals surface area contributed by atoms with E-state index in [-0.39, 0.29) is 85.8 Å². The molecule has 0 spiro atoms. The number of rotatable bonds is 0. The third-order valence-electron chi connectivity index (χ3n) is 0. The summed E-state index contributed by atoms with van der Waals surface area (Å²) in [5, 5.41) is 0. The monoisotopic (exact) mass is 398 g/mol. The van der Waals surface area contributed by atoms with Gasteiger partial charge in [0.1, 0.15) is 0 Å². The molecule has 4 heteroatoms. The third kappa shape index (κ3) is 8.84. The van der Waals surface area contributed by atoms with Crippen LogP contribution in [0.5, 0.6) is 0 Å². The van der Waals surface area contributed by atoms with E-state index in [1.165, 1.54) is 0 Å². The molecule has 1 atom stereocenters. The Hall–Kier alpha value is 2.79. The maximum absolute atomic E-state index is 0. The molecule has 0 aromatic carbocycles. The molecule has 0 N–H and O–H groups in total. The molecule has 30 valence electrons. The molecular formula is H13AsGeInSb. The zero-order valence-corrected chi connectivity index (χ0v) is 8.42. The van der Waals surface area contributed by atoms with Gasteiger partial charge in [-0.2, -0.15) is 0 Å². The molecule has 0 saturated carbocycles. The Bertz CT molecular complexity index is 8.00. The van der Waals surface area contributed by atoms with Crippen molar-refractivity contribution in [3.8, 4) is 0 Å². The summed E-state index contributed by atoms with van der Waals surface area (Å²) in [4.78, 5) is 0. The van der Waals surface area contributed by atoms with Gasteiger partial charge in [-0.15, -0.1) is 0 Å². The second-order valence-electron chi connectivity index (χ2n) is 0. The Morgan fingerprint density at radius 1 is 1.00 bits per heavy atom. The molecule has 0 amide bonds. The van der Waals surface area contributed by atoms with Gasteiger partial charge in [-0.3, -0.25) is 0 Å². The Morgan fingerprint density at radius 3 is 1.00 bits per heavy atom. The Balaban J connectivity index is 0. The fraction of sp³-hybridized carbons (Fsp3) is 0. The first-order valence-corrected chi connectivity index (χ1v) is 0. The molecule has 0 saturated heterocycles. The van der Waals surface area contributed by atoms with Crippen LogP contribution in [0.25, 0.3) is 0 Å². The zero-order valence-electron chi connectivity index (χ0n) is 1.41. The van der Waals surface area contributed by atoms with Crippen LogP contribution in [0, 0.1) is 0 Å². The van der Waals surface area contributed by atoms with E-state index < -0.39 is 0 Å². The van der Waals surface area contributed by atoms with Crippen molar-refractivity contribution >= 4 is 85.8 Å². The van der Waals surface area contributed by atoms with Crippen molar-refractivity contribution in [1.29, 1.82) is 0 Å².